The number of hydrogen-bond donors (Lipinski definition) is 0. The van der Waals surface area contributed by atoms with Gasteiger partial charge in [0.1, 0.15) is 0 Å². The highest BCUT2D eigenvalue weighted by atomic mass is 15.4. The predicted octanol–water partition coefficient (Wildman–Crippen LogP) is 8.65. The minimum atomic E-state index is 0.702. The van der Waals surface area contributed by atoms with E-state index in [-0.39, 0.29) is 0 Å². The van der Waals surface area contributed by atoms with Crippen molar-refractivity contribution in [3.63, 3.8) is 0 Å². The minimum absolute atomic E-state index is 0.702. The second-order valence-corrected chi connectivity index (χ2v) is 9.97. The summed E-state index contributed by atoms with van der Waals surface area (Å²) in [5.74, 6) is 0.702. The lowest BCUT2D eigenvalue weighted by molar-refractivity contribution is 0.261. The van der Waals surface area contributed by atoms with E-state index in [0.29, 0.717) is 5.92 Å². The first-order valence-corrected chi connectivity index (χ1v) is 13.7. The van der Waals surface area contributed by atoms with E-state index < -0.39 is 0 Å². The van der Waals surface area contributed by atoms with E-state index in [1.165, 1.54) is 122 Å². The van der Waals surface area contributed by atoms with Crippen LogP contribution < -0.4 is 0 Å². The zero-order valence-corrected chi connectivity index (χ0v) is 20.8. The molecular weight excluding hydrogens is 364 g/mol. The van der Waals surface area contributed by atoms with Gasteiger partial charge in [0.15, 0.2) is 0 Å². The summed E-state index contributed by atoms with van der Waals surface area (Å²) in [7, 11) is 0. The Morgan fingerprint density at radius 1 is 0.633 bits per heavy atom. The van der Waals surface area contributed by atoms with Crippen LogP contribution in [-0.2, 0) is 0 Å². The highest BCUT2D eigenvalue weighted by molar-refractivity contribution is 5.36. The molecule has 1 aliphatic heterocycles. The lowest BCUT2D eigenvalue weighted by atomic mass is 9.98. The molecule has 0 bridgehead atoms. The topological polar surface area (TPSA) is 6.48 Å². The summed E-state index contributed by atoms with van der Waals surface area (Å²) in [6.07, 6.45) is 28.9. The second kappa shape index (κ2) is 15.8. The van der Waals surface area contributed by atoms with Crippen molar-refractivity contribution in [3.05, 3.63) is 23.5 Å². The standard InChI is InChI=1S/C28H52N2/c1-4-6-8-10-12-14-16-18-22-29-25-30(28-24-26(3)20-21-27(28)29)23-19-17-15-13-11-9-7-5-2/h21,24,26H,4-20,22-23,25H2,1-3H3. The Labute approximate surface area is 189 Å². The Balaban J connectivity index is 1.65. The smallest absolute Gasteiger partial charge is 0.0903 e. The van der Waals surface area contributed by atoms with Crippen molar-refractivity contribution in [2.45, 2.75) is 130 Å². The molecule has 1 fully saturated rings. The monoisotopic (exact) mass is 416 g/mol. The highest BCUT2D eigenvalue weighted by Crippen LogP contribution is 2.34. The lowest BCUT2D eigenvalue weighted by Gasteiger charge is -2.21. The van der Waals surface area contributed by atoms with Gasteiger partial charge in [-0.15, -0.1) is 0 Å². The summed E-state index contributed by atoms with van der Waals surface area (Å²) in [4.78, 5) is 5.36. The summed E-state index contributed by atoms with van der Waals surface area (Å²) < 4.78 is 0. The van der Waals surface area contributed by atoms with Gasteiger partial charge in [0.2, 0.25) is 0 Å². The largest absolute Gasteiger partial charge is 0.352 e. The Bertz CT molecular complexity index is 493. The summed E-state index contributed by atoms with van der Waals surface area (Å²) >= 11 is 0. The van der Waals surface area contributed by atoms with Gasteiger partial charge in [-0.1, -0.05) is 123 Å². The van der Waals surface area contributed by atoms with Gasteiger partial charge in [-0.2, -0.15) is 0 Å². The van der Waals surface area contributed by atoms with Crippen molar-refractivity contribution >= 4 is 0 Å². The number of hydrogen-bond acceptors (Lipinski definition) is 2. The van der Waals surface area contributed by atoms with E-state index in [1.54, 1.807) is 11.4 Å². The Kier molecular flexibility index (Phi) is 13.4. The SMILES string of the molecule is CCCCCCCCCCN1CN(CCCCCCCCCC)C2=CC(C)CC=C21. The molecule has 2 aliphatic rings. The molecule has 30 heavy (non-hydrogen) atoms. The summed E-state index contributed by atoms with van der Waals surface area (Å²) in [6.45, 7) is 10.6. The van der Waals surface area contributed by atoms with Gasteiger partial charge >= 0.3 is 0 Å². The van der Waals surface area contributed by atoms with E-state index in [1.807, 2.05) is 0 Å². The van der Waals surface area contributed by atoms with Gasteiger partial charge in [-0.25, -0.2) is 0 Å². The minimum Gasteiger partial charge on any atom is -0.352 e. The first-order valence-electron chi connectivity index (χ1n) is 13.7. The first kappa shape index (κ1) is 25.3. The zero-order valence-electron chi connectivity index (χ0n) is 20.8. The fourth-order valence-electron chi connectivity index (χ4n) is 5.00. The number of rotatable bonds is 18. The molecule has 1 atom stereocenters. The van der Waals surface area contributed by atoms with Crippen LogP contribution >= 0.6 is 0 Å². The van der Waals surface area contributed by atoms with Crippen molar-refractivity contribution in [3.8, 4) is 0 Å². The van der Waals surface area contributed by atoms with E-state index in [0.717, 1.165) is 6.67 Å². The van der Waals surface area contributed by atoms with Crippen LogP contribution in [0.25, 0.3) is 0 Å². The van der Waals surface area contributed by atoms with Gasteiger partial charge in [0.05, 0.1) is 18.1 Å². The van der Waals surface area contributed by atoms with Crippen LogP contribution in [-0.4, -0.2) is 29.6 Å². The Hall–Kier alpha value is -0.920. The Morgan fingerprint density at radius 2 is 1.07 bits per heavy atom. The number of allylic oxidation sites excluding steroid dienone is 2. The molecule has 2 heteroatoms. The van der Waals surface area contributed by atoms with Gasteiger partial charge in [-0.05, 0) is 25.2 Å². The molecule has 174 valence electrons. The van der Waals surface area contributed by atoms with Crippen molar-refractivity contribution in [1.29, 1.82) is 0 Å². The maximum Gasteiger partial charge on any atom is 0.0903 e. The first-order chi connectivity index (χ1) is 14.8. The third-order valence-electron chi connectivity index (χ3n) is 6.97. The van der Waals surface area contributed by atoms with E-state index in [4.69, 9.17) is 0 Å². The number of nitrogens with zero attached hydrogens (tertiary/aromatic N) is 2. The van der Waals surface area contributed by atoms with E-state index >= 15 is 0 Å². The molecule has 1 saturated heterocycles. The molecular formula is C28H52N2. The molecule has 1 aliphatic carbocycles. The summed E-state index contributed by atoms with van der Waals surface area (Å²) in [6, 6.07) is 0. The van der Waals surface area contributed by atoms with Crippen LogP contribution in [0.4, 0.5) is 0 Å². The molecule has 0 N–H and O–H groups in total. The van der Waals surface area contributed by atoms with Crippen molar-refractivity contribution in [2.75, 3.05) is 19.8 Å². The third-order valence-corrected chi connectivity index (χ3v) is 6.97. The molecule has 1 unspecified atom stereocenters. The van der Waals surface area contributed by atoms with Crippen molar-refractivity contribution < 1.29 is 0 Å². The number of fused-ring (bicyclic) bond motifs is 1. The molecule has 2 rings (SSSR count). The molecule has 0 aromatic rings. The van der Waals surface area contributed by atoms with Crippen LogP contribution in [0.3, 0.4) is 0 Å². The summed E-state index contributed by atoms with van der Waals surface area (Å²) in [5.41, 5.74) is 3.10. The average molecular weight is 417 g/mol. The molecule has 1 heterocycles. The van der Waals surface area contributed by atoms with Crippen LogP contribution in [0.2, 0.25) is 0 Å². The van der Waals surface area contributed by atoms with E-state index in [9.17, 15) is 0 Å². The van der Waals surface area contributed by atoms with Crippen LogP contribution in [0, 0.1) is 5.92 Å². The summed E-state index contributed by atoms with van der Waals surface area (Å²) in [5, 5.41) is 0. The third kappa shape index (κ3) is 9.48. The Morgan fingerprint density at radius 3 is 1.57 bits per heavy atom. The maximum absolute atomic E-state index is 2.68. The fourth-order valence-corrected chi connectivity index (χ4v) is 5.00. The lowest BCUT2D eigenvalue weighted by Crippen LogP contribution is -2.26. The fraction of sp³-hybridized carbons (Fsp3) is 0.857. The van der Waals surface area contributed by atoms with Gasteiger partial charge in [-0.3, -0.25) is 0 Å². The molecule has 0 saturated carbocycles. The second-order valence-electron chi connectivity index (χ2n) is 9.97. The molecule has 0 aromatic carbocycles. The predicted molar refractivity (Wildman–Crippen MR) is 133 cm³/mol. The molecule has 0 amide bonds. The maximum atomic E-state index is 2.68. The van der Waals surface area contributed by atoms with Gasteiger partial charge in [0, 0.05) is 13.1 Å². The van der Waals surface area contributed by atoms with E-state index in [2.05, 4.69) is 42.7 Å². The van der Waals surface area contributed by atoms with Crippen LogP contribution in [0.5, 0.6) is 0 Å². The molecule has 0 radical (unpaired) electrons. The molecule has 2 nitrogen and oxygen atoms in total. The van der Waals surface area contributed by atoms with Crippen LogP contribution in [0.1, 0.15) is 130 Å². The normalized spacial score (nSPS) is 18.6. The number of unbranched alkanes of at least 4 members (excludes halogenated alkanes) is 14. The average Bonchev–Trinajstić information content (AvgIpc) is 3.08. The quantitative estimate of drug-likeness (QED) is 0.206. The van der Waals surface area contributed by atoms with Gasteiger partial charge in [0.25, 0.3) is 0 Å². The van der Waals surface area contributed by atoms with Crippen molar-refractivity contribution in [1.82, 2.24) is 9.80 Å². The van der Waals surface area contributed by atoms with Crippen LogP contribution in [0.15, 0.2) is 23.5 Å². The highest BCUT2D eigenvalue weighted by Gasteiger charge is 2.30. The molecule has 0 spiro atoms. The van der Waals surface area contributed by atoms with Crippen molar-refractivity contribution in [2.24, 2.45) is 5.92 Å². The van der Waals surface area contributed by atoms with Gasteiger partial charge < -0.3 is 9.80 Å². The molecule has 0 aromatic heterocycles. The zero-order chi connectivity index (χ0) is 21.4.